The lowest BCUT2D eigenvalue weighted by atomic mass is 10.1. The molecular weight excluding hydrogens is 357 g/mol. The van der Waals surface area contributed by atoms with Gasteiger partial charge in [-0.25, -0.2) is 4.79 Å². The van der Waals surface area contributed by atoms with E-state index in [-0.39, 0.29) is 25.8 Å². The SMILES string of the molecule is CP(=O)(O)OCc1cccc(CNC(=O)NCc2cccc(CO)c2)n1. The lowest BCUT2D eigenvalue weighted by molar-refractivity contribution is 0.240. The van der Waals surface area contributed by atoms with Crippen molar-refractivity contribution in [1.82, 2.24) is 15.6 Å². The highest BCUT2D eigenvalue weighted by Crippen LogP contribution is 2.37. The standard InChI is InChI=1S/C17H22N3O5P/c1-26(23,24)25-12-16-7-3-6-15(20-16)10-19-17(22)18-9-13-4-2-5-14(8-13)11-21/h2-8,21H,9-12H2,1H3,(H,23,24)(H2,18,19,22). The number of nitrogens with one attached hydrogen (secondary N) is 2. The fourth-order valence-electron chi connectivity index (χ4n) is 2.15. The maximum absolute atomic E-state index is 11.9. The summed E-state index contributed by atoms with van der Waals surface area (Å²) in [6, 6.07) is 12.1. The smallest absolute Gasteiger partial charge is 0.325 e. The van der Waals surface area contributed by atoms with Crippen molar-refractivity contribution in [2.45, 2.75) is 26.3 Å². The summed E-state index contributed by atoms with van der Waals surface area (Å²) < 4.78 is 16.0. The minimum atomic E-state index is -3.56. The van der Waals surface area contributed by atoms with E-state index in [9.17, 15) is 9.36 Å². The molecule has 0 spiro atoms. The van der Waals surface area contributed by atoms with Crippen LogP contribution in [0.2, 0.25) is 0 Å². The van der Waals surface area contributed by atoms with Gasteiger partial charge in [-0.05, 0) is 23.3 Å². The number of aliphatic hydroxyl groups is 1. The van der Waals surface area contributed by atoms with E-state index >= 15 is 0 Å². The summed E-state index contributed by atoms with van der Waals surface area (Å²) in [6.45, 7) is 1.53. The zero-order chi connectivity index (χ0) is 19.0. The second kappa shape index (κ2) is 9.45. The molecule has 1 aromatic heterocycles. The number of hydrogen-bond donors (Lipinski definition) is 4. The van der Waals surface area contributed by atoms with Crippen LogP contribution in [0, 0.1) is 0 Å². The molecule has 2 aromatic rings. The van der Waals surface area contributed by atoms with Crippen molar-refractivity contribution in [2.24, 2.45) is 0 Å². The number of pyridine rings is 1. The summed E-state index contributed by atoms with van der Waals surface area (Å²) in [4.78, 5) is 25.3. The van der Waals surface area contributed by atoms with Gasteiger partial charge in [0.15, 0.2) is 0 Å². The van der Waals surface area contributed by atoms with Crippen molar-refractivity contribution < 1.29 is 23.9 Å². The first kappa shape index (κ1) is 20.1. The predicted octanol–water partition coefficient (Wildman–Crippen LogP) is 1.91. The zero-order valence-corrected chi connectivity index (χ0v) is 15.3. The van der Waals surface area contributed by atoms with Crippen LogP contribution in [0.25, 0.3) is 0 Å². The maximum atomic E-state index is 11.9. The fraction of sp³-hybridized carbons (Fsp3) is 0.294. The van der Waals surface area contributed by atoms with Gasteiger partial charge in [0.05, 0.1) is 31.1 Å². The Hall–Kier alpha value is -2.25. The van der Waals surface area contributed by atoms with Crippen LogP contribution in [-0.2, 0) is 35.4 Å². The van der Waals surface area contributed by atoms with E-state index in [4.69, 9.17) is 14.5 Å². The molecule has 2 rings (SSSR count). The molecule has 4 N–H and O–H groups in total. The number of hydrogen-bond acceptors (Lipinski definition) is 5. The van der Waals surface area contributed by atoms with E-state index in [2.05, 4.69) is 15.6 Å². The van der Waals surface area contributed by atoms with E-state index in [0.717, 1.165) is 17.8 Å². The van der Waals surface area contributed by atoms with E-state index < -0.39 is 7.60 Å². The molecule has 0 aliphatic rings. The molecule has 0 radical (unpaired) electrons. The molecule has 0 aliphatic carbocycles. The Balaban J connectivity index is 1.80. The molecule has 0 bridgehead atoms. The van der Waals surface area contributed by atoms with Crippen LogP contribution < -0.4 is 10.6 Å². The first-order valence-electron chi connectivity index (χ1n) is 7.96. The predicted molar refractivity (Wildman–Crippen MR) is 96.2 cm³/mol. The molecule has 1 unspecified atom stereocenters. The van der Waals surface area contributed by atoms with Crippen molar-refractivity contribution in [2.75, 3.05) is 6.66 Å². The molecule has 0 aliphatic heterocycles. The third-order valence-corrected chi connectivity index (χ3v) is 3.98. The van der Waals surface area contributed by atoms with Crippen LogP contribution in [0.1, 0.15) is 22.5 Å². The number of nitrogens with zero attached hydrogens (tertiary/aromatic N) is 1. The highest BCUT2D eigenvalue weighted by atomic mass is 31.2. The highest BCUT2D eigenvalue weighted by molar-refractivity contribution is 7.51. The molecule has 8 nitrogen and oxygen atoms in total. The van der Waals surface area contributed by atoms with Crippen molar-refractivity contribution in [3.8, 4) is 0 Å². The summed E-state index contributed by atoms with van der Waals surface area (Å²) in [5.41, 5.74) is 2.78. The minimum Gasteiger partial charge on any atom is -0.392 e. The summed E-state index contributed by atoms with van der Waals surface area (Å²) >= 11 is 0. The summed E-state index contributed by atoms with van der Waals surface area (Å²) in [5, 5.41) is 14.5. The van der Waals surface area contributed by atoms with Gasteiger partial charge in [-0.2, -0.15) is 0 Å². The Morgan fingerprint density at radius 1 is 1.12 bits per heavy atom. The van der Waals surface area contributed by atoms with E-state index in [1.165, 1.54) is 0 Å². The Morgan fingerprint density at radius 2 is 1.77 bits per heavy atom. The average molecular weight is 379 g/mol. The lowest BCUT2D eigenvalue weighted by Gasteiger charge is -2.10. The highest BCUT2D eigenvalue weighted by Gasteiger charge is 2.11. The van der Waals surface area contributed by atoms with Gasteiger partial charge >= 0.3 is 13.6 Å². The Kier molecular flexibility index (Phi) is 7.29. The average Bonchev–Trinajstić information content (AvgIpc) is 2.63. The molecular formula is C17H22N3O5P. The van der Waals surface area contributed by atoms with Crippen LogP contribution in [0.4, 0.5) is 4.79 Å². The van der Waals surface area contributed by atoms with E-state index in [1.807, 2.05) is 18.2 Å². The van der Waals surface area contributed by atoms with Crippen LogP contribution in [0.15, 0.2) is 42.5 Å². The largest absolute Gasteiger partial charge is 0.392 e. The molecule has 26 heavy (non-hydrogen) atoms. The van der Waals surface area contributed by atoms with Gasteiger partial charge in [-0.1, -0.05) is 30.3 Å². The van der Waals surface area contributed by atoms with Crippen LogP contribution in [0.3, 0.4) is 0 Å². The van der Waals surface area contributed by atoms with Gasteiger partial charge in [-0.3, -0.25) is 9.55 Å². The maximum Gasteiger partial charge on any atom is 0.325 e. The number of urea groups is 1. The molecule has 2 amide bonds. The monoisotopic (exact) mass is 379 g/mol. The normalized spacial score (nSPS) is 13.0. The molecule has 1 heterocycles. The molecule has 140 valence electrons. The van der Waals surface area contributed by atoms with Gasteiger partial charge < -0.3 is 25.2 Å². The van der Waals surface area contributed by atoms with Gasteiger partial charge in [0.25, 0.3) is 0 Å². The first-order valence-corrected chi connectivity index (χ1v) is 9.98. The number of carbonyl (C=O) groups excluding carboxylic acids is 1. The van der Waals surface area contributed by atoms with Crippen molar-refractivity contribution in [1.29, 1.82) is 0 Å². The summed E-state index contributed by atoms with van der Waals surface area (Å²) in [6.07, 6.45) is 0. The van der Waals surface area contributed by atoms with Crippen LogP contribution >= 0.6 is 7.60 Å². The lowest BCUT2D eigenvalue weighted by Crippen LogP contribution is -2.34. The number of aromatic nitrogens is 1. The van der Waals surface area contributed by atoms with Gasteiger partial charge in [0.1, 0.15) is 0 Å². The van der Waals surface area contributed by atoms with E-state index in [0.29, 0.717) is 17.9 Å². The number of aliphatic hydroxyl groups excluding tert-OH is 1. The second-order valence-corrected chi connectivity index (χ2v) is 7.58. The Bertz CT molecular complexity index is 793. The molecule has 1 aromatic carbocycles. The topological polar surface area (TPSA) is 121 Å². The molecule has 1 atom stereocenters. The fourth-order valence-corrected chi connectivity index (χ4v) is 2.52. The van der Waals surface area contributed by atoms with Crippen LogP contribution in [0.5, 0.6) is 0 Å². The van der Waals surface area contributed by atoms with Gasteiger partial charge in [0.2, 0.25) is 0 Å². The molecule has 0 fully saturated rings. The third kappa shape index (κ3) is 7.33. The summed E-state index contributed by atoms with van der Waals surface area (Å²) in [7, 11) is -3.56. The third-order valence-electron chi connectivity index (χ3n) is 3.37. The zero-order valence-electron chi connectivity index (χ0n) is 14.4. The molecule has 9 heteroatoms. The summed E-state index contributed by atoms with van der Waals surface area (Å²) in [5.74, 6) is 0. The Morgan fingerprint density at radius 3 is 2.50 bits per heavy atom. The quantitative estimate of drug-likeness (QED) is 0.520. The van der Waals surface area contributed by atoms with Crippen molar-refractivity contribution >= 4 is 13.6 Å². The molecule has 0 saturated heterocycles. The van der Waals surface area contributed by atoms with Crippen molar-refractivity contribution in [3.63, 3.8) is 0 Å². The van der Waals surface area contributed by atoms with Crippen LogP contribution in [-0.4, -0.2) is 27.7 Å². The first-order chi connectivity index (χ1) is 12.4. The molecule has 0 saturated carbocycles. The minimum absolute atomic E-state index is 0.0461. The number of benzene rings is 1. The Labute approximate surface area is 151 Å². The number of carbonyl (C=O) groups is 1. The van der Waals surface area contributed by atoms with E-state index in [1.54, 1.807) is 24.3 Å². The van der Waals surface area contributed by atoms with Gasteiger partial charge in [-0.15, -0.1) is 0 Å². The number of amides is 2. The van der Waals surface area contributed by atoms with Gasteiger partial charge in [0, 0.05) is 13.2 Å². The number of rotatable bonds is 8. The van der Waals surface area contributed by atoms with Crippen molar-refractivity contribution in [3.05, 3.63) is 65.0 Å². The second-order valence-electron chi connectivity index (χ2n) is 5.71.